The Labute approximate surface area is 75.5 Å². The minimum absolute atomic E-state index is 0.311. The molecule has 1 aromatic rings. The summed E-state index contributed by atoms with van der Waals surface area (Å²) in [6.45, 7) is 0.311. The van der Waals surface area contributed by atoms with E-state index >= 15 is 0 Å². The maximum absolute atomic E-state index is 5.33. The van der Waals surface area contributed by atoms with Crippen molar-refractivity contribution in [1.29, 1.82) is 0 Å². The highest BCUT2D eigenvalue weighted by Gasteiger charge is 2.18. The Kier molecular flexibility index (Phi) is 1.27. The van der Waals surface area contributed by atoms with E-state index in [-0.39, 0.29) is 0 Å². The van der Waals surface area contributed by atoms with E-state index in [0.29, 0.717) is 6.79 Å². The molecule has 0 atom stereocenters. The van der Waals surface area contributed by atoms with Gasteiger partial charge in [-0.1, -0.05) is 0 Å². The highest BCUT2D eigenvalue weighted by molar-refractivity contribution is 5.53. The van der Waals surface area contributed by atoms with Gasteiger partial charge in [0, 0.05) is 11.6 Å². The predicted octanol–water partition coefficient (Wildman–Crippen LogP) is 1.86. The van der Waals surface area contributed by atoms with E-state index in [0.717, 1.165) is 29.2 Å². The van der Waals surface area contributed by atoms with Crippen LogP contribution in [-0.2, 0) is 6.42 Å². The van der Waals surface area contributed by atoms with Gasteiger partial charge in [0.2, 0.25) is 6.79 Å². The summed E-state index contributed by atoms with van der Waals surface area (Å²) in [5.74, 6) is 2.46. The summed E-state index contributed by atoms with van der Waals surface area (Å²) in [6, 6.07) is 3.85. The fraction of sp³-hybridized carbons (Fsp3) is 0.200. The molecular weight excluding hydrogens is 168 g/mol. The molecular formula is C10H8O3. The second-order valence-corrected chi connectivity index (χ2v) is 3.01. The molecule has 3 rings (SSSR count). The molecule has 66 valence electrons. The Morgan fingerprint density at radius 2 is 1.85 bits per heavy atom. The lowest BCUT2D eigenvalue weighted by Gasteiger charge is -2.11. The molecule has 13 heavy (non-hydrogen) atoms. The van der Waals surface area contributed by atoms with Gasteiger partial charge in [0.25, 0.3) is 0 Å². The van der Waals surface area contributed by atoms with Crippen LogP contribution in [0.25, 0.3) is 0 Å². The summed E-state index contributed by atoms with van der Waals surface area (Å²) in [7, 11) is 0. The van der Waals surface area contributed by atoms with Crippen molar-refractivity contribution in [2.45, 2.75) is 6.42 Å². The van der Waals surface area contributed by atoms with Crippen LogP contribution < -0.4 is 14.2 Å². The first-order valence-corrected chi connectivity index (χ1v) is 4.18. The van der Waals surface area contributed by atoms with E-state index in [1.807, 2.05) is 18.2 Å². The van der Waals surface area contributed by atoms with Crippen molar-refractivity contribution >= 4 is 0 Å². The van der Waals surface area contributed by atoms with Crippen LogP contribution in [0.1, 0.15) is 5.56 Å². The van der Waals surface area contributed by atoms with E-state index in [2.05, 4.69) is 0 Å². The van der Waals surface area contributed by atoms with Crippen molar-refractivity contribution in [3.8, 4) is 17.2 Å². The topological polar surface area (TPSA) is 27.7 Å². The number of benzene rings is 1. The average molecular weight is 176 g/mol. The van der Waals surface area contributed by atoms with Crippen LogP contribution in [0.3, 0.4) is 0 Å². The van der Waals surface area contributed by atoms with Gasteiger partial charge in [-0.25, -0.2) is 0 Å². The Hall–Kier alpha value is -1.64. The molecule has 0 bridgehead atoms. The quantitative estimate of drug-likeness (QED) is 0.603. The molecule has 0 saturated carbocycles. The van der Waals surface area contributed by atoms with E-state index in [4.69, 9.17) is 14.2 Å². The summed E-state index contributed by atoms with van der Waals surface area (Å²) < 4.78 is 15.8. The van der Waals surface area contributed by atoms with Gasteiger partial charge in [0.1, 0.15) is 5.75 Å². The maximum atomic E-state index is 5.33. The first-order valence-electron chi connectivity index (χ1n) is 4.18. The summed E-state index contributed by atoms with van der Waals surface area (Å²) in [6.07, 6.45) is 4.57. The van der Waals surface area contributed by atoms with Gasteiger partial charge in [-0.3, -0.25) is 0 Å². The summed E-state index contributed by atoms with van der Waals surface area (Å²) in [5.41, 5.74) is 1.15. The Balaban J connectivity index is 2.14. The molecule has 2 heterocycles. The number of rotatable bonds is 0. The zero-order chi connectivity index (χ0) is 8.67. The first-order chi connectivity index (χ1) is 6.43. The lowest BCUT2D eigenvalue weighted by atomic mass is 10.1. The summed E-state index contributed by atoms with van der Waals surface area (Å²) in [4.78, 5) is 0. The van der Waals surface area contributed by atoms with Crippen molar-refractivity contribution in [2.24, 2.45) is 0 Å². The fourth-order valence-corrected chi connectivity index (χ4v) is 1.53. The van der Waals surface area contributed by atoms with E-state index in [1.54, 1.807) is 6.26 Å². The molecule has 1 aromatic carbocycles. The van der Waals surface area contributed by atoms with Gasteiger partial charge in [-0.2, -0.15) is 0 Å². The molecule has 2 aliphatic rings. The van der Waals surface area contributed by atoms with Crippen molar-refractivity contribution in [1.82, 2.24) is 0 Å². The zero-order valence-corrected chi connectivity index (χ0v) is 6.95. The molecule has 0 N–H and O–H groups in total. The third-order valence-corrected chi connectivity index (χ3v) is 2.18. The second kappa shape index (κ2) is 2.42. The SMILES string of the molecule is C1=COc2cc3c(cc2C1)OCO3. The van der Waals surface area contributed by atoms with Crippen LogP contribution in [0, 0.1) is 0 Å². The monoisotopic (exact) mass is 176 g/mol. The van der Waals surface area contributed by atoms with Crippen LogP contribution in [-0.4, -0.2) is 6.79 Å². The lowest BCUT2D eigenvalue weighted by molar-refractivity contribution is 0.174. The zero-order valence-electron chi connectivity index (χ0n) is 6.95. The molecule has 3 nitrogen and oxygen atoms in total. The average Bonchev–Trinajstić information content (AvgIpc) is 2.61. The fourth-order valence-electron chi connectivity index (χ4n) is 1.53. The van der Waals surface area contributed by atoms with Crippen LogP contribution in [0.5, 0.6) is 17.2 Å². The molecule has 0 aromatic heterocycles. The van der Waals surface area contributed by atoms with Crippen LogP contribution in [0.2, 0.25) is 0 Å². The molecule has 0 amide bonds. The molecule has 2 aliphatic heterocycles. The largest absolute Gasteiger partial charge is 0.465 e. The number of ether oxygens (including phenoxy) is 3. The second-order valence-electron chi connectivity index (χ2n) is 3.01. The standard InChI is InChI=1S/C10H8O3/c1-2-7-4-9-10(13-6-12-9)5-8(7)11-3-1/h1,3-5H,2,6H2. The number of hydrogen-bond acceptors (Lipinski definition) is 3. The molecule has 0 unspecified atom stereocenters. The molecule has 0 fully saturated rings. The van der Waals surface area contributed by atoms with Gasteiger partial charge < -0.3 is 14.2 Å². The molecule has 0 aliphatic carbocycles. The number of fused-ring (bicyclic) bond motifs is 2. The van der Waals surface area contributed by atoms with Crippen LogP contribution in [0.4, 0.5) is 0 Å². The number of hydrogen-bond donors (Lipinski definition) is 0. The van der Waals surface area contributed by atoms with Crippen LogP contribution >= 0.6 is 0 Å². The minimum Gasteiger partial charge on any atom is -0.465 e. The maximum Gasteiger partial charge on any atom is 0.231 e. The number of allylic oxidation sites excluding steroid dienone is 1. The van der Waals surface area contributed by atoms with Crippen LogP contribution in [0.15, 0.2) is 24.5 Å². The predicted molar refractivity (Wildman–Crippen MR) is 46.0 cm³/mol. The molecule has 0 saturated heterocycles. The van der Waals surface area contributed by atoms with Gasteiger partial charge in [0.05, 0.1) is 6.26 Å². The van der Waals surface area contributed by atoms with E-state index in [1.165, 1.54) is 0 Å². The van der Waals surface area contributed by atoms with Crippen molar-refractivity contribution in [3.05, 3.63) is 30.0 Å². The summed E-state index contributed by atoms with van der Waals surface area (Å²) >= 11 is 0. The van der Waals surface area contributed by atoms with Gasteiger partial charge in [-0.15, -0.1) is 0 Å². The smallest absolute Gasteiger partial charge is 0.231 e. The normalized spacial score (nSPS) is 16.6. The first kappa shape index (κ1) is 6.83. The molecule has 0 spiro atoms. The Morgan fingerprint density at radius 1 is 1.00 bits per heavy atom. The molecule has 0 radical (unpaired) electrons. The highest BCUT2D eigenvalue weighted by atomic mass is 16.7. The minimum atomic E-state index is 0.311. The van der Waals surface area contributed by atoms with Gasteiger partial charge in [-0.05, 0) is 18.6 Å². The molecule has 3 heteroatoms. The van der Waals surface area contributed by atoms with Gasteiger partial charge in [0.15, 0.2) is 11.5 Å². The lowest BCUT2D eigenvalue weighted by Crippen LogP contribution is -1.95. The van der Waals surface area contributed by atoms with Gasteiger partial charge >= 0.3 is 0 Å². The van der Waals surface area contributed by atoms with Crippen molar-refractivity contribution in [3.63, 3.8) is 0 Å². The highest BCUT2D eigenvalue weighted by Crippen LogP contribution is 2.39. The third-order valence-electron chi connectivity index (χ3n) is 2.18. The Bertz CT molecular complexity index is 347. The summed E-state index contributed by atoms with van der Waals surface area (Å²) in [5, 5.41) is 0. The van der Waals surface area contributed by atoms with E-state index in [9.17, 15) is 0 Å². The van der Waals surface area contributed by atoms with Crippen molar-refractivity contribution in [2.75, 3.05) is 6.79 Å². The Morgan fingerprint density at radius 3 is 2.77 bits per heavy atom. The van der Waals surface area contributed by atoms with E-state index < -0.39 is 0 Å². The third kappa shape index (κ3) is 0.967. The van der Waals surface area contributed by atoms with Crippen molar-refractivity contribution < 1.29 is 14.2 Å².